The molecule has 31 heavy (non-hydrogen) atoms. The number of sulfonamides is 1. The van der Waals surface area contributed by atoms with Gasteiger partial charge in [-0.15, -0.1) is 0 Å². The Morgan fingerprint density at radius 2 is 1.61 bits per heavy atom. The number of hydrogen-bond acceptors (Lipinski definition) is 5. The van der Waals surface area contributed by atoms with Crippen LogP contribution in [0, 0.1) is 13.8 Å². The lowest BCUT2D eigenvalue weighted by molar-refractivity contribution is -0.138. The quantitative estimate of drug-likeness (QED) is 0.728. The van der Waals surface area contributed by atoms with E-state index < -0.39 is 22.0 Å². The molecule has 7 nitrogen and oxygen atoms in total. The van der Waals surface area contributed by atoms with Crippen molar-refractivity contribution in [2.24, 2.45) is 0 Å². The van der Waals surface area contributed by atoms with Gasteiger partial charge in [-0.1, -0.05) is 30.3 Å². The maximum atomic E-state index is 13.2. The van der Waals surface area contributed by atoms with Gasteiger partial charge in [-0.2, -0.15) is 0 Å². The fourth-order valence-corrected chi connectivity index (χ4v) is 5.97. The Labute approximate surface area is 183 Å². The standard InChI is InChI=1S/C23H27N3O4S/c1-17-7-6-10-20(18(17)2)24-13-15-25(16-14-24)23(28)21-11-12-22(27)26(21)31(29,30)19-8-4-3-5-9-19/h3-10,21H,11-16H2,1-2H3/t21-/m1/s1. The van der Waals surface area contributed by atoms with Crippen molar-refractivity contribution in [3.63, 3.8) is 0 Å². The van der Waals surface area contributed by atoms with Crippen LogP contribution in [-0.2, 0) is 19.6 Å². The number of carbonyl (C=O) groups is 2. The summed E-state index contributed by atoms with van der Waals surface area (Å²) in [4.78, 5) is 29.7. The maximum absolute atomic E-state index is 13.2. The molecule has 0 aromatic heterocycles. The molecule has 0 N–H and O–H groups in total. The molecule has 0 aliphatic carbocycles. The van der Waals surface area contributed by atoms with Crippen molar-refractivity contribution in [1.82, 2.24) is 9.21 Å². The van der Waals surface area contributed by atoms with Gasteiger partial charge in [0.15, 0.2) is 0 Å². The molecule has 2 heterocycles. The highest BCUT2D eigenvalue weighted by Gasteiger charge is 2.45. The summed E-state index contributed by atoms with van der Waals surface area (Å²) in [5.41, 5.74) is 3.61. The van der Waals surface area contributed by atoms with E-state index in [0.717, 1.165) is 9.99 Å². The van der Waals surface area contributed by atoms with E-state index in [1.54, 1.807) is 23.1 Å². The molecule has 2 aromatic rings. The van der Waals surface area contributed by atoms with Crippen LogP contribution in [0.3, 0.4) is 0 Å². The second-order valence-corrected chi connectivity index (χ2v) is 9.91. The summed E-state index contributed by atoms with van der Waals surface area (Å²) in [6.45, 7) is 6.51. The first-order chi connectivity index (χ1) is 14.8. The highest BCUT2D eigenvalue weighted by atomic mass is 32.2. The van der Waals surface area contributed by atoms with E-state index in [-0.39, 0.29) is 23.6 Å². The summed E-state index contributed by atoms with van der Waals surface area (Å²) in [5, 5.41) is 0. The third kappa shape index (κ3) is 3.92. The zero-order valence-electron chi connectivity index (χ0n) is 17.8. The van der Waals surface area contributed by atoms with Gasteiger partial charge in [0, 0.05) is 38.3 Å². The van der Waals surface area contributed by atoms with Crippen LogP contribution in [0.4, 0.5) is 5.69 Å². The second-order valence-electron chi connectivity index (χ2n) is 8.09. The van der Waals surface area contributed by atoms with Gasteiger partial charge in [0.1, 0.15) is 6.04 Å². The Kier molecular flexibility index (Phi) is 5.75. The predicted octanol–water partition coefficient (Wildman–Crippen LogP) is 2.33. The fourth-order valence-electron chi connectivity index (χ4n) is 4.35. The smallest absolute Gasteiger partial charge is 0.267 e. The Bertz CT molecular complexity index is 1090. The first kappa shape index (κ1) is 21.4. The molecule has 2 aliphatic rings. The average Bonchev–Trinajstić information content (AvgIpc) is 3.18. The van der Waals surface area contributed by atoms with E-state index in [4.69, 9.17) is 0 Å². The molecule has 2 amide bonds. The van der Waals surface area contributed by atoms with Crippen molar-refractivity contribution >= 4 is 27.5 Å². The fraction of sp³-hybridized carbons (Fsp3) is 0.391. The molecule has 2 aromatic carbocycles. The summed E-state index contributed by atoms with van der Waals surface area (Å²) in [6.07, 6.45) is 0.284. The van der Waals surface area contributed by atoms with Gasteiger partial charge >= 0.3 is 0 Å². The van der Waals surface area contributed by atoms with Crippen LogP contribution in [0.5, 0.6) is 0 Å². The Morgan fingerprint density at radius 3 is 2.29 bits per heavy atom. The SMILES string of the molecule is Cc1cccc(N2CCN(C(=O)[C@H]3CCC(=O)N3S(=O)(=O)c3ccccc3)CC2)c1C. The van der Waals surface area contributed by atoms with Crippen LogP contribution < -0.4 is 4.90 Å². The second kappa shape index (κ2) is 8.34. The van der Waals surface area contributed by atoms with Crippen molar-refractivity contribution in [2.45, 2.75) is 37.6 Å². The molecule has 0 spiro atoms. The molecule has 0 radical (unpaired) electrons. The van der Waals surface area contributed by atoms with Crippen LogP contribution in [0.15, 0.2) is 53.4 Å². The predicted molar refractivity (Wildman–Crippen MR) is 118 cm³/mol. The summed E-state index contributed by atoms with van der Waals surface area (Å²) in [5.74, 6) is -0.804. The number of hydrogen-bond donors (Lipinski definition) is 0. The first-order valence-electron chi connectivity index (χ1n) is 10.5. The van der Waals surface area contributed by atoms with Crippen molar-refractivity contribution in [3.05, 3.63) is 59.7 Å². The molecule has 1 atom stereocenters. The number of piperazine rings is 1. The number of carbonyl (C=O) groups excluding carboxylic acids is 2. The first-order valence-corrected chi connectivity index (χ1v) is 12.0. The molecule has 4 rings (SSSR count). The lowest BCUT2D eigenvalue weighted by atomic mass is 10.1. The maximum Gasteiger partial charge on any atom is 0.267 e. The van der Waals surface area contributed by atoms with E-state index in [9.17, 15) is 18.0 Å². The van der Waals surface area contributed by atoms with Crippen LogP contribution in [-0.4, -0.2) is 61.7 Å². The van der Waals surface area contributed by atoms with E-state index in [2.05, 4.69) is 30.9 Å². The third-order valence-electron chi connectivity index (χ3n) is 6.25. The van der Waals surface area contributed by atoms with E-state index >= 15 is 0 Å². The molecule has 8 heteroatoms. The highest BCUT2D eigenvalue weighted by molar-refractivity contribution is 7.89. The number of amides is 2. The molecule has 0 bridgehead atoms. The summed E-state index contributed by atoms with van der Waals surface area (Å²) in [6, 6.07) is 13.1. The van der Waals surface area contributed by atoms with Gasteiger partial charge in [-0.3, -0.25) is 9.59 Å². The Morgan fingerprint density at radius 1 is 0.935 bits per heavy atom. The summed E-state index contributed by atoms with van der Waals surface area (Å²) >= 11 is 0. The number of nitrogens with zero attached hydrogens (tertiary/aromatic N) is 3. The minimum atomic E-state index is -4.06. The Balaban J connectivity index is 1.49. The zero-order valence-corrected chi connectivity index (χ0v) is 18.6. The van der Waals surface area contributed by atoms with Crippen LogP contribution in [0.25, 0.3) is 0 Å². The largest absolute Gasteiger partial charge is 0.368 e. The monoisotopic (exact) mass is 441 g/mol. The van der Waals surface area contributed by atoms with Crippen LogP contribution in [0.2, 0.25) is 0 Å². The van der Waals surface area contributed by atoms with E-state index in [1.807, 2.05) is 6.07 Å². The molecule has 2 fully saturated rings. The lowest BCUT2D eigenvalue weighted by Crippen LogP contribution is -2.55. The average molecular weight is 442 g/mol. The number of aryl methyl sites for hydroxylation is 1. The van der Waals surface area contributed by atoms with Crippen molar-refractivity contribution in [1.29, 1.82) is 0 Å². The normalized spacial score (nSPS) is 19.7. The minimum Gasteiger partial charge on any atom is -0.368 e. The van der Waals surface area contributed by atoms with Crippen molar-refractivity contribution in [2.75, 3.05) is 31.1 Å². The molecule has 2 aliphatic heterocycles. The molecular formula is C23H27N3O4S. The molecule has 2 saturated heterocycles. The third-order valence-corrected chi connectivity index (χ3v) is 8.10. The molecule has 164 valence electrons. The lowest BCUT2D eigenvalue weighted by Gasteiger charge is -2.38. The van der Waals surface area contributed by atoms with Gasteiger partial charge in [0.2, 0.25) is 11.8 Å². The Hall–Kier alpha value is -2.87. The molecule has 0 saturated carbocycles. The number of rotatable bonds is 4. The number of anilines is 1. The van der Waals surface area contributed by atoms with Crippen molar-refractivity contribution < 1.29 is 18.0 Å². The van der Waals surface area contributed by atoms with Gasteiger partial charge in [-0.05, 0) is 49.6 Å². The van der Waals surface area contributed by atoms with Gasteiger partial charge in [0.05, 0.1) is 4.90 Å². The van der Waals surface area contributed by atoms with Crippen molar-refractivity contribution in [3.8, 4) is 0 Å². The summed E-state index contributed by atoms with van der Waals surface area (Å²) in [7, 11) is -4.06. The topological polar surface area (TPSA) is 78.0 Å². The van der Waals surface area contributed by atoms with E-state index in [1.165, 1.54) is 23.3 Å². The zero-order chi connectivity index (χ0) is 22.2. The molecular weight excluding hydrogens is 414 g/mol. The minimum absolute atomic E-state index is 0.0304. The van der Waals surface area contributed by atoms with E-state index in [0.29, 0.717) is 26.2 Å². The van der Waals surface area contributed by atoms with Crippen LogP contribution >= 0.6 is 0 Å². The summed E-state index contributed by atoms with van der Waals surface area (Å²) < 4.78 is 27.0. The van der Waals surface area contributed by atoms with Gasteiger partial charge in [0.25, 0.3) is 10.0 Å². The van der Waals surface area contributed by atoms with Gasteiger partial charge < -0.3 is 9.80 Å². The molecule has 0 unspecified atom stereocenters. The number of benzene rings is 2. The van der Waals surface area contributed by atoms with Gasteiger partial charge in [-0.25, -0.2) is 12.7 Å². The van der Waals surface area contributed by atoms with Crippen LogP contribution in [0.1, 0.15) is 24.0 Å². The highest BCUT2D eigenvalue weighted by Crippen LogP contribution is 2.29.